The summed E-state index contributed by atoms with van der Waals surface area (Å²) in [6.45, 7) is -0.128. The number of aromatic nitrogens is 2. The van der Waals surface area contributed by atoms with Gasteiger partial charge in [0, 0.05) is 7.05 Å². The van der Waals surface area contributed by atoms with Crippen LogP contribution in [0.4, 0.5) is 5.69 Å². The van der Waals surface area contributed by atoms with Gasteiger partial charge in [-0.2, -0.15) is 0 Å². The summed E-state index contributed by atoms with van der Waals surface area (Å²) in [7, 11) is 1.51. The molecule has 1 aliphatic heterocycles. The number of nitrogens with one attached hydrogen (secondary N) is 1. The zero-order valence-corrected chi connectivity index (χ0v) is 15.2. The molecule has 8 nitrogen and oxygen atoms in total. The second-order valence-corrected chi connectivity index (χ2v) is 6.39. The van der Waals surface area contributed by atoms with E-state index < -0.39 is 6.10 Å². The van der Waals surface area contributed by atoms with Crippen molar-refractivity contribution in [3.05, 3.63) is 65.2 Å². The van der Waals surface area contributed by atoms with E-state index in [9.17, 15) is 14.4 Å². The highest BCUT2D eigenvalue weighted by atomic mass is 16.5. The summed E-state index contributed by atoms with van der Waals surface area (Å²) >= 11 is 0. The van der Waals surface area contributed by atoms with Gasteiger partial charge in [0.1, 0.15) is 12.3 Å². The third-order valence-electron chi connectivity index (χ3n) is 4.65. The Morgan fingerprint density at radius 2 is 1.93 bits per heavy atom. The van der Waals surface area contributed by atoms with Gasteiger partial charge in [-0.25, -0.2) is 4.98 Å². The van der Waals surface area contributed by atoms with Crippen LogP contribution in [0.1, 0.15) is 0 Å². The number of benzene rings is 2. The lowest BCUT2D eigenvalue weighted by molar-refractivity contribution is -0.128. The van der Waals surface area contributed by atoms with Crippen LogP contribution in [0, 0.1) is 0 Å². The fourth-order valence-electron chi connectivity index (χ4n) is 3.22. The van der Waals surface area contributed by atoms with E-state index >= 15 is 0 Å². The number of fused-ring (bicyclic) bond motifs is 2. The first kappa shape index (κ1) is 17.7. The Hall–Kier alpha value is -3.68. The van der Waals surface area contributed by atoms with E-state index in [2.05, 4.69) is 10.3 Å². The Labute approximate surface area is 160 Å². The lowest BCUT2D eigenvalue weighted by Gasteiger charge is -2.34. The molecule has 4 rings (SSSR count). The summed E-state index contributed by atoms with van der Waals surface area (Å²) in [5, 5.41) is 2.98. The molecule has 2 aromatic carbocycles. The van der Waals surface area contributed by atoms with Gasteiger partial charge in [-0.1, -0.05) is 24.3 Å². The summed E-state index contributed by atoms with van der Waals surface area (Å²) in [5.41, 5.74) is 0.852. The number of ether oxygens (including phenoxy) is 1. The van der Waals surface area contributed by atoms with Crippen LogP contribution >= 0.6 is 0 Å². The summed E-state index contributed by atoms with van der Waals surface area (Å²) in [4.78, 5) is 43.5. The molecule has 142 valence electrons. The van der Waals surface area contributed by atoms with Crippen molar-refractivity contribution in [3.8, 4) is 5.75 Å². The van der Waals surface area contributed by atoms with Gasteiger partial charge in [0.15, 0.2) is 6.10 Å². The maximum absolute atomic E-state index is 13.0. The van der Waals surface area contributed by atoms with Crippen molar-refractivity contribution in [2.45, 2.75) is 12.6 Å². The number of amides is 2. The maximum atomic E-state index is 13.0. The number of hydrogen-bond donors (Lipinski definition) is 1. The van der Waals surface area contributed by atoms with Crippen LogP contribution in [0.3, 0.4) is 0 Å². The van der Waals surface area contributed by atoms with Gasteiger partial charge >= 0.3 is 0 Å². The van der Waals surface area contributed by atoms with Gasteiger partial charge in [-0.15, -0.1) is 0 Å². The topological polar surface area (TPSA) is 93.5 Å². The molecular formula is C20H18N4O4. The number of nitrogens with zero attached hydrogens (tertiary/aromatic N) is 3. The van der Waals surface area contributed by atoms with E-state index in [-0.39, 0.29) is 30.5 Å². The predicted molar refractivity (Wildman–Crippen MR) is 103 cm³/mol. The van der Waals surface area contributed by atoms with Gasteiger partial charge < -0.3 is 15.0 Å². The van der Waals surface area contributed by atoms with Gasteiger partial charge in [0.2, 0.25) is 5.91 Å². The van der Waals surface area contributed by atoms with E-state index in [1.807, 2.05) is 0 Å². The lowest BCUT2D eigenvalue weighted by Crippen LogP contribution is -2.51. The Morgan fingerprint density at radius 1 is 1.18 bits per heavy atom. The van der Waals surface area contributed by atoms with E-state index in [1.165, 1.54) is 22.8 Å². The van der Waals surface area contributed by atoms with Crippen LogP contribution < -0.4 is 20.5 Å². The third kappa shape index (κ3) is 3.09. The fourth-order valence-corrected chi connectivity index (χ4v) is 3.22. The molecule has 8 heteroatoms. The van der Waals surface area contributed by atoms with Crippen molar-refractivity contribution in [1.82, 2.24) is 14.9 Å². The van der Waals surface area contributed by atoms with E-state index in [1.54, 1.807) is 48.5 Å². The minimum Gasteiger partial charge on any atom is -0.477 e. The van der Waals surface area contributed by atoms with Gasteiger partial charge in [-0.3, -0.25) is 19.0 Å². The second-order valence-electron chi connectivity index (χ2n) is 6.39. The number of rotatable bonds is 3. The standard InChI is InChI=1S/C20H18N4O4/c1-21-19(26)17-10-24(15-8-4-5-9-16(15)28-17)18(25)11-23-12-22-14-7-3-2-6-13(14)20(23)27/h2-9,12,17H,10-11H2,1H3,(H,21,26)/t17-/m0/s1. The van der Waals surface area contributed by atoms with Gasteiger partial charge in [0.05, 0.1) is 29.5 Å². The Morgan fingerprint density at radius 3 is 2.75 bits per heavy atom. The largest absolute Gasteiger partial charge is 0.477 e. The van der Waals surface area contributed by atoms with Crippen LogP contribution in [-0.4, -0.2) is 41.1 Å². The highest BCUT2D eigenvalue weighted by molar-refractivity contribution is 5.97. The molecule has 3 aromatic rings. The second kappa shape index (κ2) is 7.15. The first-order chi connectivity index (χ1) is 13.6. The lowest BCUT2D eigenvalue weighted by atomic mass is 10.1. The van der Waals surface area contributed by atoms with Crippen LogP contribution in [0.25, 0.3) is 10.9 Å². The van der Waals surface area contributed by atoms with Crippen molar-refractivity contribution >= 4 is 28.4 Å². The highest BCUT2D eigenvalue weighted by Gasteiger charge is 2.33. The summed E-state index contributed by atoms with van der Waals surface area (Å²) in [5.74, 6) is -0.208. The summed E-state index contributed by atoms with van der Waals surface area (Å²) in [6, 6.07) is 14.0. The number of carbonyl (C=O) groups excluding carboxylic acids is 2. The monoisotopic (exact) mass is 378 g/mol. The molecule has 0 bridgehead atoms. The molecule has 1 N–H and O–H groups in total. The molecule has 0 fully saturated rings. The van der Waals surface area contributed by atoms with Crippen LogP contribution in [0.2, 0.25) is 0 Å². The summed E-state index contributed by atoms with van der Waals surface area (Å²) in [6.07, 6.45) is 0.542. The van der Waals surface area contributed by atoms with Crippen molar-refractivity contribution in [1.29, 1.82) is 0 Å². The van der Waals surface area contributed by atoms with Crippen molar-refractivity contribution < 1.29 is 14.3 Å². The summed E-state index contributed by atoms with van der Waals surface area (Å²) < 4.78 is 6.99. The Bertz CT molecular complexity index is 1120. The van der Waals surface area contributed by atoms with Gasteiger partial charge in [0.25, 0.3) is 11.5 Å². The molecule has 0 radical (unpaired) electrons. The molecule has 0 saturated carbocycles. The quantitative estimate of drug-likeness (QED) is 0.732. The number of likely N-dealkylation sites (N-methyl/N-ethyl adjacent to an activating group) is 1. The predicted octanol–water partition coefficient (Wildman–Crippen LogP) is 0.937. The minimum absolute atomic E-state index is 0.0608. The average Bonchev–Trinajstić information content (AvgIpc) is 2.74. The Kier molecular flexibility index (Phi) is 4.52. The van der Waals surface area contributed by atoms with Crippen molar-refractivity contribution in [3.63, 3.8) is 0 Å². The number of anilines is 1. The maximum Gasteiger partial charge on any atom is 0.262 e. The first-order valence-electron chi connectivity index (χ1n) is 8.80. The van der Waals surface area contributed by atoms with E-state index in [0.29, 0.717) is 22.3 Å². The minimum atomic E-state index is -0.824. The SMILES string of the molecule is CNC(=O)[C@@H]1CN(C(=O)Cn2cnc3ccccc3c2=O)c2ccccc2O1. The first-order valence-corrected chi connectivity index (χ1v) is 8.80. The molecule has 1 aromatic heterocycles. The molecule has 2 amide bonds. The fraction of sp³-hybridized carbons (Fsp3) is 0.200. The molecular weight excluding hydrogens is 360 g/mol. The van der Waals surface area contributed by atoms with Gasteiger partial charge in [-0.05, 0) is 24.3 Å². The molecule has 1 atom stereocenters. The third-order valence-corrected chi connectivity index (χ3v) is 4.65. The van der Waals surface area contributed by atoms with Crippen LogP contribution in [0.15, 0.2) is 59.7 Å². The zero-order chi connectivity index (χ0) is 19.7. The molecule has 0 saturated heterocycles. The molecule has 2 heterocycles. The van der Waals surface area contributed by atoms with E-state index in [0.717, 1.165) is 0 Å². The van der Waals surface area contributed by atoms with Crippen LogP contribution in [0.5, 0.6) is 5.75 Å². The molecule has 0 spiro atoms. The van der Waals surface area contributed by atoms with Crippen molar-refractivity contribution in [2.75, 3.05) is 18.5 Å². The molecule has 28 heavy (non-hydrogen) atoms. The number of para-hydroxylation sites is 3. The average molecular weight is 378 g/mol. The number of hydrogen-bond acceptors (Lipinski definition) is 5. The molecule has 0 aliphatic carbocycles. The smallest absolute Gasteiger partial charge is 0.262 e. The zero-order valence-electron chi connectivity index (χ0n) is 15.2. The van der Waals surface area contributed by atoms with Crippen LogP contribution in [-0.2, 0) is 16.1 Å². The Balaban J connectivity index is 1.66. The van der Waals surface area contributed by atoms with E-state index in [4.69, 9.17) is 4.74 Å². The molecule has 1 aliphatic rings. The normalized spacial score (nSPS) is 15.6. The number of carbonyl (C=O) groups is 2. The molecule has 0 unspecified atom stereocenters. The van der Waals surface area contributed by atoms with Crippen molar-refractivity contribution in [2.24, 2.45) is 0 Å². The highest BCUT2D eigenvalue weighted by Crippen LogP contribution is 2.33.